The summed E-state index contributed by atoms with van der Waals surface area (Å²) in [4.78, 5) is 33.5. The predicted molar refractivity (Wildman–Crippen MR) is 81.4 cm³/mol. The number of nitro benzene ring substituents is 1. The molecule has 7 nitrogen and oxygen atoms in total. The van der Waals surface area contributed by atoms with Crippen molar-refractivity contribution in [1.29, 1.82) is 0 Å². The number of benzene rings is 1. The average molecular weight is 319 g/mol. The van der Waals surface area contributed by atoms with Gasteiger partial charge in [-0.2, -0.15) is 0 Å². The van der Waals surface area contributed by atoms with Crippen molar-refractivity contribution in [2.75, 3.05) is 7.11 Å². The number of nitro groups is 1. The van der Waals surface area contributed by atoms with Gasteiger partial charge in [-0.15, -0.1) is 0 Å². The van der Waals surface area contributed by atoms with Crippen LogP contribution in [0.3, 0.4) is 0 Å². The predicted octanol–water partition coefficient (Wildman–Crippen LogP) is 2.49. The molecule has 23 heavy (non-hydrogen) atoms. The van der Waals surface area contributed by atoms with Crippen molar-refractivity contribution >= 4 is 23.2 Å². The molecule has 0 aliphatic heterocycles. The third-order valence-electron chi connectivity index (χ3n) is 3.63. The number of carbonyl (C=O) groups excluding carboxylic acids is 2. The first-order valence-corrected chi connectivity index (χ1v) is 7.11. The molecule has 0 radical (unpaired) electrons. The summed E-state index contributed by atoms with van der Waals surface area (Å²) in [7, 11) is 1.29. The highest BCUT2D eigenvalue weighted by atomic mass is 16.6. The number of non-ortho nitro benzene ring substituents is 1. The summed E-state index contributed by atoms with van der Waals surface area (Å²) in [5.74, 6) is -1.41. The Morgan fingerprint density at radius 2 is 2.09 bits per heavy atom. The summed E-state index contributed by atoms with van der Waals surface area (Å²) in [5, 5.41) is 10.9. The Balaban J connectivity index is 2.35. The van der Waals surface area contributed by atoms with E-state index in [2.05, 4.69) is 0 Å². The number of carbonyl (C=O) groups is 2. The second-order valence-electron chi connectivity index (χ2n) is 5.30. The van der Waals surface area contributed by atoms with Gasteiger partial charge >= 0.3 is 11.9 Å². The highest BCUT2D eigenvalue weighted by Crippen LogP contribution is 2.33. The highest BCUT2D eigenvalue weighted by molar-refractivity contribution is 5.80. The molecule has 0 heterocycles. The molecular weight excluding hydrogens is 302 g/mol. The Hall–Kier alpha value is -2.70. The van der Waals surface area contributed by atoms with Gasteiger partial charge in [-0.1, -0.05) is 18.2 Å². The third kappa shape index (κ3) is 4.15. The van der Waals surface area contributed by atoms with Crippen LogP contribution in [0, 0.1) is 16.0 Å². The smallest absolute Gasteiger partial charge is 0.312 e. The van der Waals surface area contributed by atoms with Crippen LogP contribution < -0.4 is 0 Å². The summed E-state index contributed by atoms with van der Waals surface area (Å²) < 4.78 is 9.98. The van der Waals surface area contributed by atoms with E-state index in [1.807, 2.05) is 0 Å². The third-order valence-corrected chi connectivity index (χ3v) is 3.63. The molecule has 2 rings (SSSR count). The van der Waals surface area contributed by atoms with Crippen LogP contribution >= 0.6 is 0 Å². The molecule has 1 aromatic carbocycles. The van der Waals surface area contributed by atoms with Crippen molar-refractivity contribution in [3.8, 4) is 0 Å². The van der Waals surface area contributed by atoms with Gasteiger partial charge in [-0.05, 0) is 11.1 Å². The van der Waals surface area contributed by atoms with Crippen LogP contribution in [0.15, 0.2) is 30.3 Å². The first kappa shape index (κ1) is 16.7. The lowest BCUT2D eigenvalue weighted by Gasteiger charge is -2.27. The quantitative estimate of drug-likeness (QED) is 0.480. The largest absolute Gasteiger partial charge is 0.469 e. The Morgan fingerprint density at radius 1 is 1.35 bits per heavy atom. The molecule has 0 bridgehead atoms. The van der Waals surface area contributed by atoms with Crippen molar-refractivity contribution in [3.63, 3.8) is 0 Å². The second kappa shape index (κ2) is 7.04. The molecule has 0 fully saturated rings. The van der Waals surface area contributed by atoms with Crippen LogP contribution in [-0.4, -0.2) is 30.1 Å². The minimum Gasteiger partial charge on any atom is -0.469 e. The summed E-state index contributed by atoms with van der Waals surface area (Å²) in [5.41, 5.74) is 1.32. The highest BCUT2D eigenvalue weighted by Gasteiger charge is 2.30. The van der Waals surface area contributed by atoms with Gasteiger partial charge in [0.2, 0.25) is 0 Å². The molecule has 0 N–H and O–H groups in total. The van der Waals surface area contributed by atoms with E-state index >= 15 is 0 Å². The van der Waals surface area contributed by atoms with Gasteiger partial charge < -0.3 is 9.47 Å². The molecule has 0 saturated carbocycles. The summed E-state index contributed by atoms with van der Waals surface area (Å²) in [6.07, 6.45) is 2.00. The SMILES string of the molecule is COC(=O)[C@@H]1C=C(c2cccc([N+](=O)[O-])c2)C[C@H](OC(C)=O)C1. The maximum atomic E-state index is 11.8. The van der Waals surface area contributed by atoms with Crippen LogP contribution in [0.1, 0.15) is 25.3 Å². The summed E-state index contributed by atoms with van der Waals surface area (Å²) >= 11 is 0. The Labute approximate surface area is 133 Å². The lowest BCUT2D eigenvalue weighted by molar-refractivity contribution is -0.384. The number of hydrogen-bond donors (Lipinski definition) is 0. The molecule has 0 amide bonds. The number of ether oxygens (including phenoxy) is 2. The standard InChI is InChI=1S/C16H17NO6/c1-10(18)23-15-8-12(6-13(9-15)16(19)22-2)11-4-3-5-14(7-11)17(20)21/h3-7,13,15H,8-9H2,1-2H3/t13-,15+/m1/s1. The molecule has 7 heteroatoms. The fraction of sp³-hybridized carbons (Fsp3) is 0.375. The van der Waals surface area contributed by atoms with Crippen molar-refractivity contribution in [2.24, 2.45) is 5.92 Å². The number of rotatable bonds is 4. The maximum Gasteiger partial charge on any atom is 0.312 e. The molecule has 1 aromatic rings. The van der Waals surface area contributed by atoms with Gasteiger partial charge in [0, 0.05) is 31.9 Å². The van der Waals surface area contributed by atoms with Crippen molar-refractivity contribution in [1.82, 2.24) is 0 Å². The van der Waals surface area contributed by atoms with Crippen LogP contribution in [0.5, 0.6) is 0 Å². The summed E-state index contributed by atoms with van der Waals surface area (Å²) in [6, 6.07) is 6.14. The molecule has 0 spiro atoms. The lowest BCUT2D eigenvalue weighted by atomic mass is 9.85. The van der Waals surface area contributed by atoms with E-state index in [1.165, 1.54) is 26.2 Å². The van der Waals surface area contributed by atoms with Crippen molar-refractivity contribution < 1.29 is 24.0 Å². The molecular formula is C16H17NO6. The average Bonchev–Trinajstić information content (AvgIpc) is 2.53. The van der Waals surface area contributed by atoms with Gasteiger partial charge in [0.1, 0.15) is 6.10 Å². The minimum atomic E-state index is -0.549. The van der Waals surface area contributed by atoms with Crippen LogP contribution in [-0.2, 0) is 19.1 Å². The van der Waals surface area contributed by atoms with Crippen LogP contribution in [0.2, 0.25) is 0 Å². The molecule has 1 aliphatic carbocycles. The first-order valence-electron chi connectivity index (χ1n) is 7.11. The zero-order chi connectivity index (χ0) is 17.0. The van der Waals surface area contributed by atoms with E-state index in [-0.39, 0.29) is 5.69 Å². The van der Waals surface area contributed by atoms with E-state index in [1.54, 1.807) is 18.2 Å². The van der Waals surface area contributed by atoms with Crippen LogP contribution in [0.4, 0.5) is 5.69 Å². The molecule has 122 valence electrons. The molecule has 2 atom stereocenters. The van der Waals surface area contributed by atoms with E-state index in [0.29, 0.717) is 18.4 Å². The van der Waals surface area contributed by atoms with Gasteiger partial charge in [0.15, 0.2) is 0 Å². The molecule has 0 aromatic heterocycles. The number of esters is 2. The fourth-order valence-corrected chi connectivity index (χ4v) is 2.66. The normalized spacial score (nSPS) is 20.3. The van der Waals surface area contributed by atoms with E-state index < -0.39 is 28.9 Å². The monoisotopic (exact) mass is 319 g/mol. The Kier molecular flexibility index (Phi) is 5.10. The number of hydrogen-bond acceptors (Lipinski definition) is 6. The zero-order valence-corrected chi connectivity index (χ0v) is 12.9. The Morgan fingerprint density at radius 3 is 2.70 bits per heavy atom. The van der Waals surface area contributed by atoms with Gasteiger partial charge in [-0.25, -0.2) is 0 Å². The second-order valence-corrected chi connectivity index (χ2v) is 5.30. The van der Waals surface area contributed by atoms with Crippen molar-refractivity contribution in [2.45, 2.75) is 25.9 Å². The minimum absolute atomic E-state index is 0.0346. The number of methoxy groups -OCH3 is 1. The van der Waals surface area contributed by atoms with Crippen molar-refractivity contribution in [3.05, 3.63) is 46.0 Å². The van der Waals surface area contributed by atoms with Gasteiger partial charge in [0.05, 0.1) is 18.0 Å². The Bertz CT molecular complexity index is 666. The van der Waals surface area contributed by atoms with Crippen LogP contribution in [0.25, 0.3) is 5.57 Å². The first-order chi connectivity index (χ1) is 10.9. The topological polar surface area (TPSA) is 95.7 Å². The lowest BCUT2D eigenvalue weighted by Crippen LogP contribution is -2.28. The van der Waals surface area contributed by atoms with E-state index in [9.17, 15) is 19.7 Å². The van der Waals surface area contributed by atoms with Gasteiger partial charge in [0.25, 0.3) is 5.69 Å². The van der Waals surface area contributed by atoms with Gasteiger partial charge in [-0.3, -0.25) is 19.7 Å². The molecule has 1 aliphatic rings. The zero-order valence-electron chi connectivity index (χ0n) is 12.9. The van der Waals surface area contributed by atoms with E-state index in [0.717, 1.165) is 5.57 Å². The molecule has 0 saturated heterocycles. The molecule has 0 unspecified atom stereocenters. The van der Waals surface area contributed by atoms with E-state index in [4.69, 9.17) is 9.47 Å². The fourth-order valence-electron chi connectivity index (χ4n) is 2.66. The summed E-state index contributed by atoms with van der Waals surface area (Å²) in [6.45, 7) is 1.30. The number of nitrogens with zero attached hydrogens (tertiary/aromatic N) is 1. The maximum absolute atomic E-state index is 11.8.